The average molecular weight is 485 g/mol. The van der Waals surface area contributed by atoms with E-state index in [2.05, 4.69) is 47.6 Å². The molecular weight excluding hydrogens is 435 g/mol. The Morgan fingerprint density at radius 3 is 1.70 bits per heavy atom. The number of rotatable bonds is 12. The topological polar surface area (TPSA) is 20.2 Å². The number of unbranched alkanes of at least 4 members (excludes halogenated alkanes) is 3. The van der Waals surface area contributed by atoms with Crippen LogP contribution in [-0.4, -0.2) is 29.6 Å². The Morgan fingerprint density at radius 1 is 0.889 bits per heavy atom. The van der Waals surface area contributed by atoms with E-state index >= 15 is 0 Å². The van der Waals surface area contributed by atoms with Gasteiger partial charge in [-0.25, -0.2) is 0 Å². The van der Waals surface area contributed by atoms with Crippen LogP contribution in [0.2, 0.25) is 13.3 Å². The van der Waals surface area contributed by atoms with Crippen molar-refractivity contribution < 1.29 is 5.11 Å². The van der Waals surface area contributed by atoms with Gasteiger partial charge in [-0.05, 0) is 0 Å². The van der Waals surface area contributed by atoms with Crippen molar-refractivity contribution in [1.82, 2.24) is 0 Å². The zero-order valence-corrected chi connectivity index (χ0v) is 22.4. The van der Waals surface area contributed by atoms with E-state index in [4.69, 9.17) is 0 Å². The summed E-state index contributed by atoms with van der Waals surface area (Å²) in [6.45, 7) is 14.4. The Balaban J connectivity index is 3.27. The summed E-state index contributed by atoms with van der Waals surface area (Å²) in [6, 6.07) is 0. The number of hydrogen-bond donors (Lipinski definition) is 1. The second kappa shape index (κ2) is 12.9. The fourth-order valence-electron chi connectivity index (χ4n) is 5.33. The van der Waals surface area contributed by atoms with Gasteiger partial charge in [-0.1, -0.05) is 0 Å². The molecule has 1 rings (SSSR count). The number of allylic oxidation sites excluding steroid dienone is 1. The van der Waals surface area contributed by atoms with Crippen LogP contribution < -0.4 is 0 Å². The fraction of sp³-hybridized carbons (Fsp3) is 0.920. The van der Waals surface area contributed by atoms with Crippen molar-refractivity contribution in [3.05, 3.63) is 9.67 Å². The molecule has 1 aliphatic carbocycles. The standard InChI is InChI=1S/C13H23O.3C4H9.Sn/c1-13(2,3)10-9-12(14)11-7-5-4-6-8-11;3*1-3-4-2;/h9,11-12,14H,4-8H2,1-3H3;3*1,3-4H2,2H3;. The molecule has 1 nitrogen and oxygen atoms in total. The molecule has 1 saturated carbocycles. The minimum absolute atomic E-state index is 0.194. The predicted molar refractivity (Wildman–Crippen MR) is 125 cm³/mol. The molecule has 0 spiro atoms. The molecule has 0 bridgehead atoms. The van der Waals surface area contributed by atoms with Gasteiger partial charge in [-0.15, -0.1) is 0 Å². The van der Waals surface area contributed by atoms with Crippen LogP contribution in [0.25, 0.3) is 0 Å². The van der Waals surface area contributed by atoms with Crippen LogP contribution in [0, 0.1) is 11.3 Å². The summed E-state index contributed by atoms with van der Waals surface area (Å²) in [5.41, 5.74) is 0.223. The summed E-state index contributed by atoms with van der Waals surface area (Å²) in [7, 11) is 0. The molecule has 27 heavy (non-hydrogen) atoms. The summed E-state index contributed by atoms with van der Waals surface area (Å²) >= 11 is -2.49. The Labute approximate surface area is 175 Å². The molecule has 0 aromatic rings. The molecule has 160 valence electrons. The Bertz CT molecular complexity index is 393. The van der Waals surface area contributed by atoms with Gasteiger partial charge in [0.15, 0.2) is 0 Å². The van der Waals surface area contributed by atoms with Gasteiger partial charge in [0, 0.05) is 0 Å². The zero-order chi connectivity index (χ0) is 20.3. The van der Waals surface area contributed by atoms with Gasteiger partial charge in [0.25, 0.3) is 0 Å². The first-order valence-electron chi connectivity index (χ1n) is 12.2. The summed E-state index contributed by atoms with van der Waals surface area (Å²) < 4.78 is 6.30. The molecule has 1 fully saturated rings. The number of aliphatic hydroxyl groups is 1. The van der Waals surface area contributed by atoms with Crippen molar-refractivity contribution in [3.63, 3.8) is 0 Å². The van der Waals surface area contributed by atoms with Gasteiger partial charge in [-0.2, -0.15) is 0 Å². The molecule has 1 atom stereocenters. The maximum atomic E-state index is 11.2. The van der Waals surface area contributed by atoms with E-state index in [0.717, 1.165) is 0 Å². The molecule has 1 unspecified atom stereocenters. The van der Waals surface area contributed by atoms with E-state index in [1.54, 1.807) is 3.59 Å². The van der Waals surface area contributed by atoms with Gasteiger partial charge in [-0.3, -0.25) is 0 Å². The third-order valence-electron chi connectivity index (χ3n) is 6.88. The van der Waals surface area contributed by atoms with Crippen LogP contribution in [-0.2, 0) is 0 Å². The number of hydrogen-bond acceptors (Lipinski definition) is 1. The monoisotopic (exact) mass is 486 g/mol. The number of aliphatic hydroxyl groups excluding tert-OH is 1. The first kappa shape index (κ1) is 25.5. The van der Waals surface area contributed by atoms with Crippen molar-refractivity contribution in [1.29, 1.82) is 0 Å². The van der Waals surface area contributed by atoms with E-state index in [0.29, 0.717) is 5.92 Å². The Kier molecular flexibility index (Phi) is 12.2. The van der Waals surface area contributed by atoms with Crippen LogP contribution in [0.4, 0.5) is 0 Å². The molecule has 0 aliphatic heterocycles. The van der Waals surface area contributed by atoms with Gasteiger partial charge in [0.05, 0.1) is 0 Å². The summed E-state index contributed by atoms with van der Waals surface area (Å²) in [4.78, 5) is 0. The van der Waals surface area contributed by atoms with Crippen LogP contribution >= 0.6 is 0 Å². The summed E-state index contributed by atoms with van der Waals surface area (Å²) in [5, 5.41) is 11.2. The molecule has 0 saturated heterocycles. The first-order chi connectivity index (χ1) is 12.8. The van der Waals surface area contributed by atoms with Crippen molar-refractivity contribution in [3.8, 4) is 0 Å². The minimum atomic E-state index is -2.49. The van der Waals surface area contributed by atoms with E-state index in [1.807, 2.05) is 0 Å². The van der Waals surface area contributed by atoms with Crippen LogP contribution in [0.3, 0.4) is 0 Å². The second-order valence-electron chi connectivity index (χ2n) is 10.3. The maximum absolute atomic E-state index is 11.2. The van der Waals surface area contributed by atoms with Gasteiger partial charge >= 0.3 is 176 Å². The van der Waals surface area contributed by atoms with E-state index in [1.165, 1.54) is 83.9 Å². The third kappa shape index (κ3) is 8.41. The Morgan fingerprint density at radius 2 is 1.33 bits per heavy atom. The molecular formula is C25H50OSn. The summed E-state index contributed by atoms with van der Waals surface area (Å²) in [6.07, 6.45) is 16.9. The molecule has 1 aliphatic rings. The zero-order valence-electron chi connectivity index (χ0n) is 19.6. The Hall–Kier alpha value is 0.499. The summed E-state index contributed by atoms with van der Waals surface area (Å²) in [5.74, 6) is 0.517. The van der Waals surface area contributed by atoms with Crippen molar-refractivity contribution in [2.45, 2.75) is 132 Å². The van der Waals surface area contributed by atoms with E-state index in [-0.39, 0.29) is 11.5 Å². The first-order valence-corrected chi connectivity index (χ1v) is 19.7. The van der Waals surface area contributed by atoms with Gasteiger partial charge in [0.2, 0.25) is 0 Å². The van der Waals surface area contributed by atoms with Gasteiger partial charge in [0.1, 0.15) is 0 Å². The van der Waals surface area contributed by atoms with E-state index < -0.39 is 18.4 Å². The fourth-order valence-corrected chi connectivity index (χ4v) is 24.6. The molecule has 0 heterocycles. The van der Waals surface area contributed by atoms with Crippen molar-refractivity contribution >= 4 is 18.4 Å². The molecule has 0 aromatic carbocycles. The van der Waals surface area contributed by atoms with Crippen LogP contribution in [0.15, 0.2) is 9.67 Å². The van der Waals surface area contributed by atoms with E-state index in [9.17, 15) is 5.11 Å². The van der Waals surface area contributed by atoms with Crippen molar-refractivity contribution in [2.24, 2.45) is 11.3 Å². The SMILES string of the molecule is CCC[CH2][Sn]([CH2]CCC)([CH2]CCC)/[C](=C/C(O)C1CCCCC1)C(C)(C)C. The average Bonchev–Trinajstić information content (AvgIpc) is 2.66. The second-order valence-corrected chi connectivity index (χ2v) is 23.4. The molecule has 0 aromatic heterocycles. The normalized spacial score (nSPS) is 18.7. The van der Waals surface area contributed by atoms with Crippen LogP contribution in [0.1, 0.15) is 112 Å². The predicted octanol–water partition coefficient (Wildman–Crippen LogP) is 8.29. The molecule has 0 amide bonds. The van der Waals surface area contributed by atoms with Gasteiger partial charge < -0.3 is 0 Å². The van der Waals surface area contributed by atoms with Crippen LogP contribution in [0.5, 0.6) is 0 Å². The molecule has 1 N–H and O–H groups in total. The molecule has 0 radical (unpaired) electrons. The third-order valence-corrected chi connectivity index (χ3v) is 24.0. The molecule has 2 heteroatoms. The van der Waals surface area contributed by atoms with Crippen molar-refractivity contribution in [2.75, 3.05) is 0 Å². The quantitative estimate of drug-likeness (QED) is 0.276.